The molecule has 1 atom stereocenters. The number of benzene rings is 1. The van der Waals surface area contributed by atoms with Gasteiger partial charge in [-0.05, 0) is 69.0 Å². The minimum absolute atomic E-state index is 0.0297. The van der Waals surface area contributed by atoms with E-state index < -0.39 is 9.84 Å². The van der Waals surface area contributed by atoms with Crippen LogP contribution in [-0.4, -0.2) is 32.0 Å². The van der Waals surface area contributed by atoms with Gasteiger partial charge in [-0.2, -0.15) is 0 Å². The van der Waals surface area contributed by atoms with Gasteiger partial charge in [-0.3, -0.25) is 9.59 Å². The highest BCUT2D eigenvalue weighted by Gasteiger charge is 2.39. The predicted molar refractivity (Wildman–Crippen MR) is 112 cm³/mol. The fourth-order valence-corrected chi connectivity index (χ4v) is 5.15. The molecular weight excluding hydrogens is 404 g/mol. The van der Waals surface area contributed by atoms with Crippen LogP contribution in [0.2, 0.25) is 0 Å². The van der Waals surface area contributed by atoms with E-state index in [1.807, 2.05) is 18.7 Å². The summed E-state index contributed by atoms with van der Waals surface area (Å²) in [5.41, 5.74) is 1.68. The molecule has 1 N–H and O–H groups in total. The van der Waals surface area contributed by atoms with Crippen molar-refractivity contribution in [3.8, 4) is 0 Å². The molecule has 30 heavy (non-hydrogen) atoms. The van der Waals surface area contributed by atoms with Crippen LogP contribution in [0.4, 0.5) is 5.69 Å². The van der Waals surface area contributed by atoms with Crippen molar-refractivity contribution in [2.24, 2.45) is 5.92 Å². The zero-order valence-electron chi connectivity index (χ0n) is 17.2. The molecule has 4 rings (SSSR count). The number of nitrogens with zero attached hydrogens (tertiary/aromatic N) is 1. The molecule has 0 radical (unpaired) electrons. The van der Waals surface area contributed by atoms with Crippen molar-refractivity contribution in [1.82, 2.24) is 5.32 Å². The third-order valence-corrected chi connectivity index (χ3v) is 7.36. The van der Waals surface area contributed by atoms with Gasteiger partial charge in [-0.1, -0.05) is 0 Å². The Labute approximate surface area is 176 Å². The maximum Gasteiger partial charge on any atom is 0.230 e. The molecule has 1 aliphatic carbocycles. The Morgan fingerprint density at radius 1 is 1.20 bits per heavy atom. The molecule has 2 aliphatic rings. The van der Waals surface area contributed by atoms with Crippen LogP contribution < -0.4 is 10.2 Å². The van der Waals surface area contributed by atoms with E-state index in [-0.39, 0.29) is 47.4 Å². The molecule has 160 valence electrons. The summed E-state index contributed by atoms with van der Waals surface area (Å²) < 4.78 is 30.9. The number of carbonyl (C=O) groups is 2. The Morgan fingerprint density at radius 2 is 1.97 bits per heavy atom. The van der Waals surface area contributed by atoms with Gasteiger partial charge < -0.3 is 14.6 Å². The highest BCUT2D eigenvalue weighted by Crippen LogP contribution is 2.39. The maximum atomic E-state index is 12.8. The van der Waals surface area contributed by atoms with E-state index in [2.05, 4.69) is 5.32 Å². The van der Waals surface area contributed by atoms with E-state index >= 15 is 0 Å². The first-order chi connectivity index (χ1) is 14.2. The predicted octanol–water partition coefficient (Wildman–Crippen LogP) is 2.76. The van der Waals surface area contributed by atoms with E-state index in [1.54, 1.807) is 30.3 Å². The van der Waals surface area contributed by atoms with Crippen molar-refractivity contribution in [2.45, 2.75) is 57.0 Å². The normalized spacial score (nSPS) is 18.3. The van der Waals surface area contributed by atoms with Gasteiger partial charge in [0.15, 0.2) is 9.84 Å². The largest absolute Gasteiger partial charge is 0.465 e. The molecule has 1 fully saturated rings. The van der Waals surface area contributed by atoms with Crippen LogP contribution in [0, 0.1) is 12.8 Å². The second-order valence-electron chi connectivity index (χ2n) is 8.18. The minimum atomic E-state index is -3.60. The molecule has 1 aromatic carbocycles. The first kappa shape index (κ1) is 20.7. The molecule has 0 saturated heterocycles. The average molecular weight is 431 g/mol. The van der Waals surface area contributed by atoms with E-state index in [1.165, 1.54) is 0 Å². The molecule has 1 aromatic heterocycles. The molecule has 1 aliphatic heterocycles. The fourth-order valence-electron chi connectivity index (χ4n) is 3.86. The van der Waals surface area contributed by atoms with Gasteiger partial charge in [0.2, 0.25) is 11.8 Å². The van der Waals surface area contributed by atoms with Crippen molar-refractivity contribution in [3.05, 3.63) is 47.4 Å². The molecule has 7 nitrogen and oxygen atoms in total. The van der Waals surface area contributed by atoms with Crippen molar-refractivity contribution in [2.75, 3.05) is 10.7 Å². The second-order valence-corrected chi connectivity index (χ2v) is 10.3. The second kappa shape index (κ2) is 7.91. The Hall–Kier alpha value is -2.61. The highest BCUT2D eigenvalue weighted by atomic mass is 32.2. The topological polar surface area (TPSA) is 96.7 Å². The number of amides is 2. The van der Waals surface area contributed by atoms with Crippen LogP contribution >= 0.6 is 0 Å². The zero-order valence-corrected chi connectivity index (χ0v) is 18.0. The summed E-state index contributed by atoms with van der Waals surface area (Å²) in [7, 11) is -3.60. The number of hydrogen-bond acceptors (Lipinski definition) is 5. The van der Waals surface area contributed by atoms with Crippen LogP contribution in [0.25, 0.3) is 0 Å². The summed E-state index contributed by atoms with van der Waals surface area (Å²) in [6.45, 7) is 4.03. The van der Waals surface area contributed by atoms with E-state index in [9.17, 15) is 18.0 Å². The van der Waals surface area contributed by atoms with Gasteiger partial charge in [-0.15, -0.1) is 0 Å². The smallest absolute Gasteiger partial charge is 0.230 e. The van der Waals surface area contributed by atoms with Crippen molar-refractivity contribution >= 4 is 27.3 Å². The Bertz CT molecular complexity index is 1080. The van der Waals surface area contributed by atoms with Gasteiger partial charge in [0.05, 0.1) is 17.2 Å². The Kier molecular flexibility index (Phi) is 5.44. The monoisotopic (exact) mass is 430 g/mol. The summed E-state index contributed by atoms with van der Waals surface area (Å²) in [5.74, 6) is 1.02. The first-order valence-electron chi connectivity index (χ1n) is 10.3. The van der Waals surface area contributed by atoms with Crippen LogP contribution in [0.15, 0.2) is 39.6 Å². The quantitative estimate of drug-likeness (QED) is 0.729. The van der Waals surface area contributed by atoms with E-state index in [0.29, 0.717) is 12.2 Å². The summed E-state index contributed by atoms with van der Waals surface area (Å²) in [6, 6.07) is 8.54. The number of hydrogen-bond donors (Lipinski definition) is 1. The Balaban J connectivity index is 1.39. The van der Waals surface area contributed by atoms with Crippen LogP contribution in [-0.2, 0) is 32.4 Å². The Morgan fingerprint density at radius 3 is 2.63 bits per heavy atom. The molecule has 0 unspecified atom stereocenters. The van der Waals surface area contributed by atoms with Gasteiger partial charge in [0, 0.05) is 24.1 Å². The van der Waals surface area contributed by atoms with Gasteiger partial charge >= 0.3 is 0 Å². The van der Waals surface area contributed by atoms with Gasteiger partial charge in [0.1, 0.15) is 11.5 Å². The number of aryl methyl sites for hydroxylation is 1. The number of furan rings is 1. The third-order valence-electron chi connectivity index (χ3n) is 5.64. The van der Waals surface area contributed by atoms with Crippen molar-refractivity contribution in [1.29, 1.82) is 0 Å². The lowest BCUT2D eigenvalue weighted by Crippen LogP contribution is -2.36. The SMILES string of the molecule is Cc1ccc(CNC(=O)CCS(=O)(=O)c2ccc3c(c2)C[C@H](C)N3C(=O)C2CC2)o1. The van der Waals surface area contributed by atoms with Crippen LogP contribution in [0.5, 0.6) is 0 Å². The van der Waals surface area contributed by atoms with E-state index in [4.69, 9.17) is 4.42 Å². The number of rotatable bonds is 7. The maximum absolute atomic E-state index is 12.8. The van der Waals surface area contributed by atoms with Gasteiger partial charge in [0.25, 0.3) is 0 Å². The van der Waals surface area contributed by atoms with E-state index in [0.717, 1.165) is 29.9 Å². The highest BCUT2D eigenvalue weighted by molar-refractivity contribution is 7.91. The number of nitrogens with one attached hydrogen (secondary N) is 1. The molecule has 0 bridgehead atoms. The van der Waals surface area contributed by atoms with Crippen molar-refractivity contribution in [3.63, 3.8) is 0 Å². The lowest BCUT2D eigenvalue weighted by Gasteiger charge is -2.22. The minimum Gasteiger partial charge on any atom is -0.465 e. The number of carbonyl (C=O) groups excluding carboxylic acids is 2. The average Bonchev–Trinajstić information content (AvgIpc) is 3.39. The fraction of sp³-hybridized carbons (Fsp3) is 0.455. The molecule has 2 aromatic rings. The third kappa shape index (κ3) is 4.28. The van der Waals surface area contributed by atoms with Crippen molar-refractivity contribution < 1.29 is 22.4 Å². The number of anilines is 1. The molecule has 0 spiro atoms. The lowest BCUT2D eigenvalue weighted by atomic mass is 10.1. The molecule has 1 saturated carbocycles. The summed E-state index contributed by atoms with van der Waals surface area (Å²) >= 11 is 0. The van der Waals surface area contributed by atoms with Gasteiger partial charge in [-0.25, -0.2) is 8.42 Å². The summed E-state index contributed by atoms with van der Waals surface area (Å²) in [4.78, 5) is 26.6. The molecule has 8 heteroatoms. The van der Waals surface area contributed by atoms with Crippen LogP contribution in [0.3, 0.4) is 0 Å². The lowest BCUT2D eigenvalue weighted by molar-refractivity contribution is -0.121. The summed E-state index contributed by atoms with van der Waals surface area (Å²) in [6.07, 6.45) is 2.39. The molecular formula is C22H26N2O5S. The first-order valence-corrected chi connectivity index (χ1v) is 11.9. The zero-order chi connectivity index (χ0) is 21.5. The number of sulfone groups is 1. The number of fused-ring (bicyclic) bond motifs is 1. The molecule has 2 amide bonds. The molecule has 2 heterocycles. The summed E-state index contributed by atoms with van der Waals surface area (Å²) in [5, 5.41) is 2.68. The van der Waals surface area contributed by atoms with Crippen LogP contribution in [0.1, 0.15) is 43.3 Å². The standard InChI is InChI=1S/C22H26N2O5S/c1-14-11-17-12-19(7-8-20(17)24(14)22(26)16-4-5-16)30(27,28)10-9-21(25)23-13-18-6-3-15(2)29-18/h3,6-8,12,14,16H,4-5,9-11,13H2,1-2H3,(H,23,25)/t14-/m0/s1.